The van der Waals surface area contributed by atoms with E-state index in [1.165, 1.54) is 12.3 Å². The van der Waals surface area contributed by atoms with Crippen LogP contribution in [0.2, 0.25) is 0 Å². The van der Waals surface area contributed by atoms with Gasteiger partial charge in [0.1, 0.15) is 31.9 Å². The fraction of sp³-hybridized carbons (Fsp3) is 0.0833. The SMILES string of the molecule is CSc1nc(-c2cc(S(=O)(=O)[O-])ccc2S(=O)(=O)[O-])c(C#N)c(=O)[nH]1. The fourth-order valence-corrected chi connectivity index (χ4v) is 3.45. The molecule has 13 heteroatoms. The van der Waals surface area contributed by atoms with Gasteiger partial charge in [0.15, 0.2) is 5.16 Å². The van der Waals surface area contributed by atoms with E-state index in [9.17, 15) is 30.7 Å². The van der Waals surface area contributed by atoms with Crippen molar-refractivity contribution in [1.29, 1.82) is 5.26 Å². The first kappa shape index (κ1) is 19.1. The molecule has 1 heterocycles. The molecular formula is C12H7N3O7S3-2. The third-order valence-corrected chi connectivity index (χ3v) is 5.27. The van der Waals surface area contributed by atoms with E-state index in [0.717, 1.165) is 11.8 Å². The van der Waals surface area contributed by atoms with E-state index >= 15 is 0 Å². The second kappa shape index (κ2) is 6.58. The predicted octanol–water partition coefficient (Wildman–Crippen LogP) is -0.161. The fourth-order valence-electron chi connectivity index (χ4n) is 1.92. The molecule has 0 aliphatic heterocycles. The summed E-state index contributed by atoms with van der Waals surface area (Å²) in [7, 11) is -10.1. The van der Waals surface area contributed by atoms with Gasteiger partial charge in [0, 0.05) is 5.56 Å². The zero-order valence-electron chi connectivity index (χ0n) is 12.2. The summed E-state index contributed by atoms with van der Waals surface area (Å²) >= 11 is 0.950. The van der Waals surface area contributed by atoms with Crippen molar-refractivity contribution in [3.8, 4) is 17.3 Å². The molecule has 0 saturated carbocycles. The maximum atomic E-state index is 11.9. The number of nitrogens with one attached hydrogen (secondary N) is 1. The van der Waals surface area contributed by atoms with Crippen molar-refractivity contribution in [1.82, 2.24) is 9.97 Å². The number of rotatable bonds is 4. The van der Waals surface area contributed by atoms with Crippen molar-refractivity contribution in [2.24, 2.45) is 0 Å². The van der Waals surface area contributed by atoms with Crippen LogP contribution < -0.4 is 5.56 Å². The summed E-state index contributed by atoms with van der Waals surface area (Å²) < 4.78 is 67.9. The molecule has 1 aromatic carbocycles. The molecule has 10 nitrogen and oxygen atoms in total. The minimum Gasteiger partial charge on any atom is -0.744 e. The molecule has 1 aromatic heterocycles. The average molecular weight is 401 g/mol. The first-order valence-corrected chi connectivity index (χ1v) is 10.2. The maximum absolute atomic E-state index is 11.9. The maximum Gasteiger partial charge on any atom is 0.270 e. The third kappa shape index (κ3) is 3.89. The van der Waals surface area contributed by atoms with Gasteiger partial charge in [-0.25, -0.2) is 21.8 Å². The van der Waals surface area contributed by atoms with E-state index in [2.05, 4.69) is 9.97 Å². The first-order valence-electron chi connectivity index (χ1n) is 6.13. The molecule has 0 amide bonds. The van der Waals surface area contributed by atoms with Crippen LogP contribution in [-0.4, -0.2) is 42.2 Å². The molecule has 1 N–H and O–H groups in total. The summed E-state index contributed by atoms with van der Waals surface area (Å²) in [5, 5.41) is 9.11. The van der Waals surface area contributed by atoms with Gasteiger partial charge in [0.05, 0.1) is 15.5 Å². The molecule has 25 heavy (non-hydrogen) atoms. The van der Waals surface area contributed by atoms with Crippen LogP contribution in [-0.2, 0) is 20.2 Å². The zero-order valence-corrected chi connectivity index (χ0v) is 14.7. The van der Waals surface area contributed by atoms with Gasteiger partial charge in [-0.15, -0.1) is 0 Å². The van der Waals surface area contributed by atoms with E-state index in [1.807, 2.05) is 0 Å². The van der Waals surface area contributed by atoms with Crippen LogP contribution in [0.3, 0.4) is 0 Å². The van der Waals surface area contributed by atoms with Crippen molar-refractivity contribution in [2.75, 3.05) is 6.26 Å². The van der Waals surface area contributed by atoms with Gasteiger partial charge in [0.2, 0.25) is 0 Å². The summed E-state index contributed by atoms with van der Waals surface area (Å²) in [6.07, 6.45) is 1.53. The Labute approximate surface area is 146 Å². The molecule has 0 unspecified atom stereocenters. The van der Waals surface area contributed by atoms with Gasteiger partial charge < -0.3 is 14.1 Å². The molecule has 0 spiro atoms. The Bertz CT molecular complexity index is 1160. The molecule has 0 fully saturated rings. The Morgan fingerprint density at radius 1 is 1.20 bits per heavy atom. The predicted molar refractivity (Wildman–Crippen MR) is 82.7 cm³/mol. The van der Waals surface area contributed by atoms with Gasteiger partial charge in [-0.2, -0.15) is 5.26 Å². The van der Waals surface area contributed by atoms with Crippen molar-refractivity contribution in [3.63, 3.8) is 0 Å². The number of hydrogen-bond acceptors (Lipinski definition) is 10. The highest BCUT2D eigenvalue weighted by molar-refractivity contribution is 7.98. The van der Waals surface area contributed by atoms with E-state index in [-0.39, 0.29) is 5.16 Å². The standard InChI is InChI=1S/C12H9N3O7S3/c1-23-12-14-10(8(5-13)11(16)15-12)7-4-6(24(17,18)19)2-3-9(7)25(20,21)22/h2-4H,1H3,(H,14,15,16)(H,17,18,19)(H,20,21,22)/p-2. The first-order chi connectivity index (χ1) is 11.5. The zero-order chi connectivity index (χ0) is 19.0. The Balaban J connectivity index is 3.03. The average Bonchev–Trinajstić information content (AvgIpc) is 2.51. The monoisotopic (exact) mass is 401 g/mol. The minimum absolute atomic E-state index is 0.0105. The minimum atomic E-state index is -5.12. The number of H-pyrrole nitrogens is 1. The second-order valence-electron chi connectivity index (χ2n) is 4.48. The van der Waals surface area contributed by atoms with Crippen LogP contribution in [0.4, 0.5) is 0 Å². The Hall–Kier alpha value is -2.24. The van der Waals surface area contributed by atoms with Crippen LogP contribution in [0.5, 0.6) is 0 Å². The molecule has 0 radical (unpaired) electrons. The lowest BCUT2D eigenvalue weighted by Crippen LogP contribution is -2.16. The Morgan fingerprint density at radius 2 is 1.84 bits per heavy atom. The molecular weight excluding hydrogens is 394 g/mol. The van der Waals surface area contributed by atoms with Gasteiger partial charge in [-0.05, 0) is 24.5 Å². The summed E-state index contributed by atoms with van der Waals surface area (Å²) in [5.41, 5.74) is -2.69. The van der Waals surface area contributed by atoms with Crippen LogP contribution >= 0.6 is 11.8 Å². The summed E-state index contributed by atoms with van der Waals surface area (Å²) in [6.45, 7) is 0. The molecule has 0 bridgehead atoms. The lowest BCUT2D eigenvalue weighted by Gasteiger charge is -2.16. The van der Waals surface area contributed by atoms with Gasteiger partial charge in [0.25, 0.3) is 5.56 Å². The van der Waals surface area contributed by atoms with Crippen LogP contribution in [0.1, 0.15) is 5.56 Å². The number of aromatic amines is 1. The second-order valence-corrected chi connectivity index (χ2v) is 8.00. The summed E-state index contributed by atoms with van der Waals surface area (Å²) in [6, 6.07) is 3.37. The van der Waals surface area contributed by atoms with Crippen LogP contribution in [0, 0.1) is 11.3 Å². The van der Waals surface area contributed by atoms with Crippen LogP contribution in [0.15, 0.2) is 37.9 Å². The summed E-state index contributed by atoms with van der Waals surface area (Å²) in [5.74, 6) is 0. The van der Waals surface area contributed by atoms with Crippen molar-refractivity contribution in [3.05, 3.63) is 34.1 Å². The molecule has 0 aliphatic carbocycles. The van der Waals surface area contributed by atoms with Gasteiger partial charge in [-0.1, -0.05) is 11.8 Å². The topological polar surface area (TPSA) is 184 Å². The molecule has 132 valence electrons. The normalized spacial score (nSPS) is 11.9. The van der Waals surface area contributed by atoms with Crippen molar-refractivity contribution >= 4 is 32.0 Å². The van der Waals surface area contributed by atoms with E-state index in [0.29, 0.717) is 18.2 Å². The number of nitrogens with zero attached hydrogens (tertiary/aromatic N) is 2. The highest BCUT2D eigenvalue weighted by Gasteiger charge is 2.20. The molecule has 0 saturated heterocycles. The van der Waals surface area contributed by atoms with E-state index < -0.39 is 52.4 Å². The number of hydrogen-bond donors (Lipinski definition) is 1. The van der Waals surface area contributed by atoms with Gasteiger partial charge >= 0.3 is 0 Å². The third-order valence-electron chi connectivity index (χ3n) is 2.97. The van der Waals surface area contributed by atoms with E-state index in [4.69, 9.17) is 5.26 Å². The van der Waals surface area contributed by atoms with Crippen LogP contribution in [0.25, 0.3) is 11.3 Å². The number of thioether (sulfide) groups is 1. The molecule has 0 atom stereocenters. The lowest BCUT2D eigenvalue weighted by molar-refractivity contribution is 0.458. The van der Waals surface area contributed by atoms with Gasteiger partial charge in [-0.3, -0.25) is 4.79 Å². The van der Waals surface area contributed by atoms with Crippen molar-refractivity contribution in [2.45, 2.75) is 14.9 Å². The Kier molecular flexibility index (Phi) is 5.02. The highest BCUT2D eigenvalue weighted by atomic mass is 32.2. The van der Waals surface area contributed by atoms with Crippen molar-refractivity contribution < 1.29 is 25.9 Å². The number of benzene rings is 1. The quantitative estimate of drug-likeness (QED) is 0.410. The molecule has 0 aliphatic rings. The smallest absolute Gasteiger partial charge is 0.270 e. The number of aromatic nitrogens is 2. The molecule has 2 rings (SSSR count). The largest absolute Gasteiger partial charge is 0.744 e. The van der Waals surface area contributed by atoms with E-state index in [1.54, 1.807) is 0 Å². The lowest BCUT2D eigenvalue weighted by atomic mass is 10.1. The highest BCUT2D eigenvalue weighted by Crippen LogP contribution is 2.30. The summed E-state index contributed by atoms with van der Waals surface area (Å²) in [4.78, 5) is 16.3. The molecule has 2 aromatic rings. The Morgan fingerprint density at radius 3 is 2.32 bits per heavy atom. The number of nitriles is 1.